The van der Waals surface area contributed by atoms with Crippen molar-refractivity contribution in [3.63, 3.8) is 0 Å². The molecule has 6 heteroatoms. The number of piperidine rings is 1. The Labute approximate surface area is 159 Å². The van der Waals surface area contributed by atoms with Crippen LogP contribution >= 0.6 is 0 Å². The van der Waals surface area contributed by atoms with E-state index in [2.05, 4.69) is 4.90 Å². The average molecular weight is 375 g/mol. The van der Waals surface area contributed by atoms with E-state index in [4.69, 9.17) is 9.47 Å². The number of rotatable bonds is 7. The molecule has 5 nitrogen and oxygen atoms in total. The standard InChI is InChI=1S/C21H26FNO4/c1-26-21-10-15(11-23-9-8-16(13-24)19(25)12-23)6-7-20(21)27-14-17-4-2-3-5-18(17)22/h2-7,10,16,19,24-25H,8-9,11-14H2,1H3/t16-,19+/m1/s1. The highest BCUT2D eigenvalue weighted by Gasteiger charge is 2.27. The first kappa shape index (κ1) is 19.6. The van der Waals surface area contributed by atoms with Crippen LogP contribution in [0.4, 0.5) is 4.39 Å². The molecule has 2 atom stereocenters. The van der Waals surface area contributed by atoms with Crippen LogP contribution in [-0.2, 0) is 13.2 Å². The summed E-state index contributed by atoms with van der Waals surface area (Å²) in [7, 11) is 1.57. The fraction of sp³-hybridized carbons (Fsp3) is 0.429. The predicted octanol–water partition coefficient (Wildman–Crippen LogP) is 2.59. The number of aliphatic hydroxyl groups is 2. The van der Waals surface area contributed by atoms with E-state index in [1.807, 2.05) is 18.2 Å². The number of halogens is 1. The summed E-state index contributed by atoms with van der Waals surface area (Å²) < 4.78 is 24.9. The molecule has 1 heterocycles. The maximum absolute atomic E-state index is 13.7. The highest BCUT2D eigenvalue weighted by Crippen LogP contribution is 2.30. The number of aliphatic hydroxyl groups excluding tert-OH is 2. The summed E-state index contributed by atoms with van der Waals surface area (Å²) in [6.45, 7) is 2.20. The minimum absolute atomic E-state index is 0.0247. The van der Waals surface area contributed by atoms with Crippen LogP contribution in [0.1, 0.15) is 17.5 Å². The molecule has 1 fully saturated rings. The Morgan fingerprint density at radius 3 is 2.70 bits per heavy atom. The van der Waals surface area contributed by atoms with Gasteiger partial charge in [-0.3, -0.25) is 4.90 Å². The summed E-state index contributed by atoms with van der Waals surface area (Å²) in [6, 6.07) is 12.2. The zero-order valence-corrected chi connectivity index (χ0v) is 15.5. The number of likely N-dealkylation sites (tertiary alicyclic amines) is 1. The highest BCUT2D eigenvalue weighted by molar-refractivity contribution is 5.43. The van der Waals surface area contributed by atoms with Crippen LogP contribution in [0, 0.1) is 11.7 Å². The Morgan fingerprint density at radius 1 is 1.19 bits per heavy atom. The maximum atomic E-state index is 13.7. The number of methoxy groups -OCH3 is 1. The molecule has 0 aliphatic carbocycles. The molecule has 2 aromatic carbocycles. The molecule has 146 valence electrons. The molecule has 0 aromatic heterocycles. The monoisotopic (exact) mass is 375 g/mol. The van der Waals surface area contributed by atoms with Gasteiger partial charge in [0.15, 0.2) is 11.5 Å². The minimum atomic E-state index is -0.506. The Bertz CT molecular complexity index is 755. The maximum Gasteiger partial charge on any atom is 0.161 e. The van der Waals surface area contributed by atoms with Gasteiger partial charge in [0, 0.05) is 31.2 Å². The quantitative estimate of drug-likeness (QED) is 0.779. The van der Waals surface area contributed by atoms with Crippen LogP contribution in [0.25, 0.3) is 0 Å². The summed E-state index contributed by atoms with van der Waals surface area (Å²) in [5.41, 5.74) is 1.53. The molecule has 1 aliphatic rings. The summed E-state index contributed by atoms with van der Waals surface area (Å²) in [6.07, 6.45) is 0.271. The third-order valence-electron chi connectivity index (χ3n) is 5.02. The van der Waals surface area contributed by atoms with Crippen molar-refractivity contribution in [3.05, 3.63) is 59.4 Å². The molecular formula is C21H26FNO4. The normalized spacial score (nSPS) is 20.4. The van der Waals surface area contributed by atoms with Crippen molar-refractivity contribution in [1.29, 1.82) is 0 Å². The first-order chi connectivity index (χ1) is 13.1. The number of hydrogen-bond donors (Lipinski definition) is 2. The van der Waals surface area contributed by atoms with E-state index >= 15 is 0 Å². The second kappa shape index (κ2) is 9.17. The van der Waals surface area contributed by atoms with Crippen LogP contribution in [0.15, 0.2) is 42.5 Å². The summed E-state index contributed by atoms with van der Waals surface area (Å²) in [4.78, 5) is 2.16. The number of ether oxygens (including phenoxy) is 2. The Kier molecular flexibility index (Phi) is 6.66. The van der Waals surface area contributed by atoms with E-state index in [0.29, 0.717) is 30.2 Å². The first-order valence-electron chi connectivity index (χ1n) is 9.15. The number of benzene rings is 2. The van der Waals surface area contributed by atoms with Gasteiger partial charge < -0.3 is 19.7 Å². The van der Waals surface area contributed by atoms with Gasteiger partial charge in [0.1, 0.15) is 12.4 Å². The minimum Gasteiger partial charge on any atom is -0.493 e. The van der Waals surface area contributed by atoms with Crippen LogP contribution in [0.2, 0.25) is 0 Å². The highest BCUT2D eigenvalue weighted by atomic mass is 19.1. The third-order valence-corrected chi connectivity index (χ3v) is 5.02. The summed E-state index contributed by atoms with van der Waals surface area (Å²) >= 11 is 0. The second-order valence-corrected chi connectivity index (χ2v) is 6.90. The lowest BCUT2D eigenvalue weighted by Gasteiger charge is -2.35. The molecule has 2 N–H and O–H groups in total. The van der Waals surface area contributed by atoms with E-state index in [0.717, 1.165) is 18.5 Å². The smallest absolute Gasteiger partial charge is 0.161 e. The molecule has 0 saturated carbocycles. The van der Waals surface area contributed by atoms with Gasteiger partial charge in [0.05, 0.1) is 13.2 Å². The van der Waals surface area contributed by atoms with Gasteiger partial charge in [-0.15, -0.1) is 0 Å². The molecule has 2 aromatic rings. The largest absolute Gasteiger partial charge is 0.493 e. The summed E-state index contributed by atoms with van der Waals surface area (Å²) in [5, 5.41) is 19.3. The van der Waals surface area contributed by atoms with Gasteiger partial charge in [-0.2, -0.15) is 0 Å². The first-order valence-corrected chi connectivity index (χ1v) is 9.15. The van der Waals surface area contributed by atoms with Crippen LogP contribution in [-0.4, -0.2) is 48.0 Å². The van der Waals surface area contributed by atoms with Gasteiger partial charge in [-0.25, -0.2) is 4.39 Å². The number of hydrogen-bond acceptors (Lipinski definition) is 5. The van der Waals surface area contributed by atoms with E-state index < -0.39 is 6.10 Å². The zero-order valence-electron chi connectivity index (χ0n) is 15.5. The van der Waals surface area contributed by atoms with Gasteiger partial charge in [-0.1, -0.05) is 24.3 Å². The molecule has 0 bridgehead atoms. The van der Waals surface area contributed by atoms with Crippen molar-refractivity contribution in [2.75, 3.05) is 26.8 Å². The zero-order chi connectivity index (χ0) is 19.2. The van der Waals surface area contributed by atoms with Crippen molar-refractivity contribution >= 4 is 0 Å². The van der Waals surface area contributed by atoms with E-state index in [9.17, 15) is 14.6 Å². The lowest BCUT2D eigenvalue weighted by molar-refractivity contribution is -0.00445. The van der Waals surface area contributed by atoms with E-state index in [1.165, 1.54) is 6.07 Å². The van der Waals surface area contributed by atoms with Crippen molar-refractivity contribution in [3.8, 4) is 11.5 Å². The molecule has 0 spiro atoms. The van der Waals surface area contributed by atoms with Gasteiger partial charge in [0.2, 0.25) is 0 Å². The van der Waals surface area contributed by atoms with Crippen molar-refractivity contribution in [2.45, 2.75) is 25.7 Å². The predicted molar refractivity (Wildman–Crippen MR) is 100 cm³/mol. The number of nitrogens with zero attached hydrogens (tertiary/aromatic N) is 1. The van der Waals surface area contributed by atoms with Gasteiger partial charge in [0.25, 0.3) is 0 Å². The van der Waals surface area contributed by atoms with E-state index in [-0.39, 0.29) is 24.9 Å². The van der Waals surface area contributed by atoms with Crippen LogP contribution < -0.4 is 9.47 Å². The van der Waals surface area contributed by atoms with E-state index in [1.54, 1.807) is 25.3 Å². The lowest BCUT2D eigenvalue weighted by Crippen LogP contribution is -2.44. The second-order valence-electron chi connectivity index (χ2n) is 6.90. The van der Waals surface area contributed by atoms with Crippen molar-refractivity contribution in [2.24, 2.45) is 5.92 Å². The molecule has 1 saturated heterocycles. The van der Waals surface area contributed by atoms with Crippen LogP contribution in [0.5, 0.6) is 11.5 Å². The lowest BCUT2D eigenvalue weighted by atomic mass is 9.94. The fourth-order valence-electron chi connectivity index (χ4n) is 3.36. The summed E-state index contributed by atoms with van der Waals surface area (Å²) in [5.74, 6) is 0.820. The topological polar surface area (TPSA) is 62.2 Å². The molecule has 1 aliphatic heterocycles. The molecule has 0 amide bonds. The third kappa shape index (κ3) is 4.97. The van der Waals surface area contributed by atoms with Gasteiger partial charge >= 0.3 is 0 Å². The molecule has 0 radical (unpaired) electrons. The van der Waals surface area contributed by atoms with Gasteiger partial charge in [-0.05, 0) is 36.7 Å². The number of β-amino-alcohol motifs (C(OH)–C–C–N with tert-alkyl or cyclic N) is 1. The average Bonchev–Trinajstić information content (AvgIpc) is 2.68. The van der Waals surface area contributed by atoms with Crippen molar-refractivity contribution < 1.29 is 24.1 Å². The Hall–Kier alpha value is -2.15. The Morgan fingerprint density at radius 2 is 2.00 bits per heavy atom. The molecule has 27 heavy (non-hydrogen) atoms. The SMILES string of the molecule is COc1cc(CN2CC[C@H](CO)[C@@H](O)C2)ccc1OCc1ccccc1F. The molecular weight excluding hydrogens is 349 g/mol. The van der Waals surface area contributed by atoms with Crippen LogP contribution in [0.3, 0.4) is 0 Å². The fourth-order valence-corrected chi connectivity index (χ4v) is 3.36. The molecule has 0 unspecified atom stereocenters. The Balaban J connectivity index is 1.63. The molecule has 3 rings (SSSR count). The van der Waals surface area contributed by atoms with Crippen molar-refractivity contribution in [1.82, 2.24) is 4.90 Å².